The summed E-state index contributed by atoms with van der Waals surface area (Å²) in [6.45, 7) is 3.72. The van der Waals surface area contributed by atoms with Crippen molar-refractivity contribution in [1.29, 1.82) is 0 Å². The van der Waals surface area contributed by atoms with Crippen molar-refractivity contribution in [3.8, 4) is 5.75 Å². The van der Waals surface area contributed by atoms with Gasteiger partial charge in [-0.25, -0.2) is 0 Å². The molecule has 0 spiro atoms. The molecule has 0 aliphatic carbocycles. The van der Waals surface area contributed by atoms with Gasteiger partial charge >= 0.3 is 0 Å². The van der Waals surface area contributed by atoms with Crippen LogP contribution in [0.3, 0.4) is 0 Å². The van der Waals surface area contributed by atoms with Gasteiger partial charge < -0.3 is 14.6 Å². The molecule has 0 fully saturated rings. The molecule has 0 amide bonds. The van der Waals surface area contributed by atoms with Crippen LogP contribution in [0.5, 0.6) is 5.75 Å². The topological polar surface area (TPSA) is 26.2 Å². The monoisotopic (exact) mass is 336 g/mol. The summed E-state index contributed by atoms with van der Waals surface area (Å²) in [7, 11) is 2.00. The fraction of sp³-hybridized carbons (Fsp3) is 0.375. The molecule has 20 heavy (non-hydrogen) atoms. The molecule has 1 unspecified atom stereocenters. The van der Waals surface area contributed by atoms with E-state index < -0.39 is 0 Å². The number of ether oxygens (including phenoxy) is 1. The average Bonchev–Trinajstić information content (AvgIpc) is 2.91. The van der Waals surface area contributed by atoms with E-state index in [2.05, 4.69) is 51.2 Å². The maximum atomic E-state index is 5.73. The highest BCUT2D eigenvalue weighted by Gasteiger charge is 2.07. The van der Waals surface area contributed by atoms with Crippen LogP contribution in [0.4, 0.5) is 0 Å². The van der Waals surface area contributed by atoms with Crippen LogP contribution in [0, 0.1) is 0 Å². The Labute approximate surface area is 129 Å². The third-order valence-corrected chi connectivity index (χ3v) is 3.89. The van der Waals surface area contributed by atoms with Crippen LogP contribution in [-0.2, 0) is 6.54 Å². The van der Waals surface area contributed by atoms with Gasteiger partial charge in [-0.15, -0.1) is 0 Å². The van der Waals surface area contributed by atoms with E-state index in [1.54, 1.807) is 0 Å². The first kappa shape index (κ1) is 15.1. The molecule has 0 aliphatic rings. The van der Waals surface area contributed by atoms with Crippen LogP contribution >= 0.6 is 15.9 Å². The molecule has 0 radical (unpaired) electrons. The predicted octanol–water partition coefficient (Wildman–Crippen LogP) is 4.00. The Bertz CT molecular complexity index is 518. The summed E-state index contributed by atoms with van der Waals surface area (Å²) < 4.78 is 8.97. The number of nitrogens with zero attached hydrogens (tertiary/aromatic N) is 1. The quantitative estimate of drug-likeness (QED) is 0.826. The van der Waals surface area contributed by atoms with E-state index in [1.807, 2.05) is 31.3 Å². The first-order valence-corrected chi connectivity index (χ1v) is 7.73. The number of aromatic nitrogens is 1. The fourth-order valence-corrected chi connectivity index (χ4v) is 2.48. The van der Waals surface area contributed by atoms with E-state index in [0.29, 0.717) is 12.6 Å². The second kappa shape index (κ2) is 7.50. The average molecular weight is 337 g/mol. The molecule has 0 saturated heterocycles. The van der Waals surface area contributed by atoms with E-state index in [4.69, 9.17) is 4.74 Å². The Morgan fingerprint density at radius 2 is 2.00 bits per heavy atom. The molecular formula is C16H21BrN2O. The fourth-order valence-electron chi connectivity index (χ4n) is 2.21. The lowest BCUT2D eigenvalue weighted by atomic mass is 10.1. The van der Waals surface area contributed by atoms with Gasteiger partial charge in [0.15, 0.2) is 0 Å². The van der Waals surface area contributed by atoms with E-state index >= 15 is 0 Å². The second-order valence-corrected chi connectivity index (χ2v) is 5.65. The largest absolute Gasteiger partial charge is 0.492 e. The van der Waals surface area contributed by atoms with Crippen molar-refractivity contribution in [3.05, 3.63) is 52.8 Å². The highest BCUT2D eigenvalue weighted by atomic mass is 79.9. The van der Waals surface area contributed by atoms with Gasteiger partial charge in [-0.05, 0) is 49.4 Å². The molecular weight excluding hydrogens is 316 g/mol. The highest BCUT2D eigenvalue weighted by Crippen LogP contribution is 2.17. The predicted molar refractivity (Wildman–Crippen MR) is 86.2 cm³/mol. The van der Waals surface area contributed by atoms with Crippen LogP contribution in [0.15, 0.2) is 47.2 Å². The van der Waals surface area contributed by atoms with E-state index in [1.165, 1.54) is 5.56 Å². The summed E-state index contributed by atoms with van der Waals surface area (Å²) >= 11 is 3.41. The molecule has 3 nitrogen and oxygen atoms in total. The van der Waals surface area contributed by atoms with Crippen molar-refractivity contribution < 1.29 is 4.74 Å². The third-order valence-electron chi connectivity index (χ3n) is 3.36. The standard InChI is InChI=1S/C16H21BrN2O/c1-3-16(18-2)13-8-9-19(12-13)10-11-20-15-6-4-14(17)5-7-15/h4-9,12,16,18H,3,10-11H2,1-2H3. The Hall–Kier alpha value is -1.26. The molecule has 2 aromatic rings. The minimum absolute atomic E-state index is 0.434. The van der Waals surface area contributed by atoms with Crippen molar-refractivity contribution in [2.75, 3.05) is 13.7 Å². The molecule has 1 aromatic carbocycles. The minimum atomic E-state index is 0.434. The molecule has 0 aliphatic heterocycles. The molecule has 1 aromatic heterocycles. The number of halogens is 1. The number of hydrogen-bond donors (Lipinski definition) is 1. The van der Waals surface area contributed by atoms with Crippen molar-refractivity contribution in [3.63, 3.8) is 0 Å². The summed E-state index contributed by atoms with van der Waals surface area (Å²) in [5.41, 5.74) is 1.33. The molecule has 2 rings (SSSR count). The van der Waals surface area contributed by atoms with E-state index in [9.17, 15) is 0 Å². The summed E-state index contributed by atoms with van der Waals surface area (Å²) in [5.74, 6) is 0.905. The minimum Gasteiger partial charge on any atom is -0.492 e. The Morgan fingerprint density at radius 3 is 2.65 bits per heavy atom. The van der Waals surface area contributed by atoms with Crippen molar-refractivity contribution in [1.82, 2.24) is 9.88 Å². The highest BCUT2D eigenvalue weighted by molar-refractivity contribution is 9.10. The maximum absolute atomic E-state index is 5.73. The zero-order valence-electron chi connectivity index (χ0n) is 12.0. The van der Waals surface area contributed by atoms with Crippen molar-refractivity contribution in [2.24, 2.45) is 0 Å². The summed E-state index contributed by atoms with van der Waals surface area (Å²) in [6, 6.07) is 10.5. The maximum Gasteiger partial charge on any atom is 0.119 e. The van der Waals surface area contributed by atoms with E-state index in [-0.39, 0.29) is 0 Å². The van der Waals surface area contributed by atoms with Gasteiger partial charge in [0.1, 0.15) is 12.4 Å². The SMILES string of the molecule is CCC(NC)c1ccn(CCOc2ccc(Br)cc2)c1. The lowest BCUT2D eigenvalue weighted by molar-refractivity contribution is 0.298. The first-order chi connectivity index (χ1) is 9.72. The number of benzene rings is 1. The van der Waals surface area contributed by atoms with Gasteiger partial charge in [0.2, 0.25) is 0 Å². The Kier molecular flexibility index (Phi) is 5.68. The first-order valence-electron chi connectivity index (χ1n) is 6.94. The lowest BCUT2D eigenvalue weighted by Gasteiger charge is -2.11. The van der Waals surface area contributed by atoms with Crippen molar-refractivity contribution >= 4 is 15.9 Å². The number of nitrogens with one attached hydrogen (secondary N) is 1. The van der Waals surface area contributed by atoms with Gasteiger partial charge in [0, 0.05) is 22.9 Å². The molecule has 4 heteroatoms. The van der Waals surface area contributed by atoms with Crippen LogP contribution in [0.25, 0.3) is 0 Å². The third kappa shape index (κ3) is 4.12. The van der Waals surface area contributed by atoms with E-state index in [0.717, 1.165) is 23.2 Å². The van der Waals surface area contributed by atoms with Gasteiger partial charge in [0.25, 0.3) is 0 Å². The molecule has 1 atom stereocenters. The van der Waals surface area contributed by atoms with Crippen LogP contribution < -0.4 is 10.1 Å². The summed E-state index contributed by atoms with van der Waals surface area (Å²) in [6.07, 6.45) is 5.39. The van der Waals surface area contributed by atoms with Gasteiger partial charge in [-0.3, -0.25) is 0 Å². The summed E-state index contributed by atoms with van der Waals surface area (Å²) in [5, 5.41) is 3.32. The van der Waals surface area contributed by atoms with Crippen molar-refractivity contribution in [2.45, 2.75) is 25.9 Å². The molecule has 1 heterocycles. The zero-order chi connectivity index (χ0) is 14.4. The Balaban J connectivity index is 1.84. The molecule has 1 N–H and O–H groups in total. The number of hydrogen-bond acceptors (Lipinski definition) is 2. The van der Waals surface area contributed by atoms with Crippen LogP contribution in [-0.4, -0.2) is 18.2 Å². The lowest BCUT2D eigenvalue weighted by Crippen LogP contribution is -2.14. The smallest absolute Gasteiger partial charge is 0.119 e. The van der Waals surface area contributed by atoms with Gasteiger partial charge in [-0.2, -0.15) is 0 Å². The number of rotatable bonds is 7. The molecule has 0 saturated carbocycles. The second-order valence-electron chi connectivity index (χ2n) is 4.73. The zero-order valence-corrected chi connectivity index (χ0v) is 13.6. The normalized spacial score (nSPS) is 12.3. The van der Waals surface area contributed by atoms with Gasteiger partial charge in [0.05, 0.1) is 6.54 Å². The van der Waals surface area contributed by atoms with Gasteiger partial charge in [-0.1, -0.05) is 22.9 Å². The summed E-state index contributed by atoms with van der Waals surface area (Å²) in [4.78, 5) is 0. The van der Waals surface area contributed by atoms with Crippen LogP contribution in [0.1, 0.15) is 24.9 Å². The molecule has 108 valence electrons. The van der Waals surface area contributed by atoms with Crippen LogP contribution in [0.2, 0.25) is 0 Å². The molecule has 0 bridgehead atoms. The Morgan fingerprint density at radius 1 is 1.25 bits per heavy atom.